The smallest absolute Gasteiger partial charge is 0.322 e. The van der Waals surface area contributed by atoms with Crippen LogP contribution in [0.15, 0.2) is 18.2 Å². The SMILES string of the molecule is Cc1ccc(C(=O)N2CCN(C)C3(CCOCC3)C2)cc1N1CCNC1=O. The molecule has 1 aromatic rings. The van der Waals surface area contributed by atoms with Crippen LogP contribution in [0.1, 0.15) is 28.8 Å². The molecular formula is C20H28N4O3. The van der Waals surface area contributed by atoms with E-state index in [1.54, 1.807) is 4.90 Å². The van der Waals surface area contributed by atoms with E-state index in [9.17, 15) is 9.59 Å². The van der Waals surface area contributed by atoms with E-state index in [2.05, 4.69) is 17.3 Å². The van der Waals surface area contributed by atoms with Crippen molar-refractivity contribution < 1.29 is 14.3 Å². The number of nitrogens with one attached hydrogen (secondary N) is 1. The number of rotatable bonds is 2. The number of ether oxygens (including phenoxy) is 1. The molecule has 4 rings (SSSR count). The van der Waals surface area contributed by atoms with Gasteiger partial charge in [0.05, 0.1) is 0 Å². The molecule has 3 heterocycles. The van der Waals surface area contributed by atoms with Gasteiger partial charge in [-0.1, -0.05) is 6.07 Å². The molecule has 0 aromatic heterocycles. The summed E-state index contributed by atoms with van der Waals surface area (Å²) in [5, 5.41) is 2.83. The summed E-state index contributed by atoms with van der Waals surface area (Å²) < 4.78 is 5.55. The molecular weight excluding hydrogens is 344 g/mol. The predicted molar refractivity (Wildman–Crippen MR) is 103 cm³/mol. The Hall–Kier alpha value is -2.12. The monoisotopic (exact) mass is 372 g/mol. The van der Waals surface area contributed by atoms with Gasteiger partial charge in [-0.3, -0.25) is 14.6 Å². The van der Waals surface area contributed by atoms with E-state index in [4.69, 9.17) is 4.74 Å². The minimum atomic E-state index is -0.0940. The topological polar surface area (TPSA) is 65.1 Å². The molecule has 1 N–H and O–H groups in total. The van der Waals surface area contributed by atoms with Crippen LogP contribution in [0.4, 0.5) is 10.5 Å². The van der Waals surface area contributed by atoms with Crippen molar-refractivity contribution in [3.05, 3.63) is 29.3 Å². The fourth-order valence-corrected chi connectivity index (χ4v) is 4.44. The number of hydrogen-bond acceptors (Lipinski definition) is 4. The van der Waals surface area contributed by atoms with Crippen LogP contribution in [0.3, 0.4) is 0 Å². The second-order valence-corrected chi connectivity index (χ2v) is 7.87. The molecule has 3 aliphatic rings. The Bertz CT molecular complexity index is 745. The highest BCUT2D eigenvalue weighted by Crippen LogP contribution is 2.32. The number of amides is 3. The zero-order valence-corrected chi connectivity index (χ0v) is 16.2. The molecule has 7 nitrogen and oxygen atoms in total. The number of piperazine rings is 1. The molecule has 0 atom stereocenters. The van der Waals surface area contributed by atoms with Gasteiger partial charge in [0.25, 0.3) is 5.91 Å². The molecule has 0 saturated carbocycles. The van der Waals surface area contributed by atoms with Gasteiger partial charge in [-0.25, -0.2) is 4.79 Å². The first kappa shape index (κ1) is 18.3. The molecule has 146 valence electrons. The summed E-state index contributed by atoms with van der Waals surface area (Å²) >= 11 is 0. The van der Waals surface area contributed by atoms with Gasteiger partial charge in [0, 0.05) is 62.7 Å². The van der Waals surface area contributed by atoms with Crippen molar-refractivity contribution in [3.8, 4) is 0 Å². The van der Waals surface area contributed by atoms with Gasteiger partial charge < -0.3 is 15.0 Å². The summed E-state index contributed by atoms with van der Waals surface area (Å²) in [7, 11) is 2.16. The van der Waals surface area contributed by atoms with Crippen LogP contribution in [0.2, 0.25) is 0 Å². The van der Waals surface area contributed by atoms with Crippen LogP contribution in [-0.4, -0.2) is 80.3 Å². The number of carbonyl (C=O) groups is 2. The lowest BCUT2D eigenvalue weighted by molar-refractivity contribution is -0.0543. The molecule has 0 aliphatic carbocycles. The zero-order chi connectivity index (χ0) is 19.0. The maximum absolute atomic E-state index is 13.2. The Morgan fingerprint density at radius 3 is 2.67 bits per heavy atom. The third-order valence-corrected chi connectivity index (χ3v) is 6.31. The van der Waals surface area contributed by atoms with Gasteiger partial charge >= 0.3 is 6.03 Å². The zero-order valence-electron chi connectivity index (χ0n) is 16.2. The molecule has 0 unspecified atom stereocenters. The standard InChI is InChI=1S/C20H28N4O3/c1-15-3-4-16(13-17(15)24-8-7-21-19(24)26)18(25)23-10-9-22(2)20(14-23)5-11-27-12-6-20/h3-4,13H,5-12,14H2,1-2H3,(H,21,26). The quantitative estimate of drug-likeness (QED) is 0.854. The number of carbonyl (C=O) groups excluding carboxylic acids is 2. The lowest BCUT2D eigenvalue weighted by atomic mass is 9.85. The molecule has 3 saturated heterocycles. The van der Waals surface area contributed by atoms with Crippen molar-refractivity contribution in [2.45, 2.75) is 25.3 Å². The van der Waals surface area contributed by atoms with E-state index in [1.165, 1.54) is 0 Å². The van der Waals surface area contributed by atoms with Gasteiger partial charge in [-0.05, 0) is 44.5 Å². The molecule has 27 heavy (non-hydrogen) atoms. The van der Waals surface area contributed by atoms with E-state index in [0.29, 0.717) is 18.7 Å². The van der Waals surface area contributed by atoms with E-state index < -0.39 is 0 Å². The molecule has 3 aliphatic heterocycles. The van der Waals surface area contributed by atoms with Crippen molar-refractivity contribution in [1.82, 2.24) is 15.1 Å². The molecule has 1 spiro atoms. The highest BCUT2D eigenvalue weighted by atomic mass is 16.5. The van der Waals surface area contributed by atoms with Crippen LogP contribution in [0.25, 0.3) is 0 Å². The minimum absolute atomic E-state index is 0.0223. The number of hydrogen-bond donors (Lipinski definition) is 1. The maximum Gasteiger partial charge on any atom is 0.322 e. The van der Waals surface area contributed by atoms with Crippen molar-refractivity contribution in [1.29, 1.82) is 0 Å². The summed E-state index contributed by atoms with van der Waals surface area (Å²) in [6.07, 6.45) is 1.92. The van der Waals surface area contributed by atoms with Crippen LogP contribution in [0.5, 0.6) is 0 Å². The van der Waals surface area contributed by atoms with Crippen LogP contribution < -0.4 is 10.2 Å². The van der Waals surface area contributed by atoms with Gasteiger partial charge in [0.1, 0.15) is 0 Å². The van der Waals surface area contributed by atoms with Crippen molar-refractivity contribution in [3.63, 3.8) is 0 Å². The number of nitrogens with zero attached hydrogens (tertiary/aromatic N) is 3. The first-order chi connectivity index (χ1) is 13.0. The average molecular weight is 372 g/mol. The van der Waals surface area contributed by atoms with Crippen LogP contribution in [0, 0.1) is 6.92 Å². The third kappa shape index (κ3) is 3.30. The maximum atomic E-state index is 13.2. The van der Waals surface area contributed by atoms with Crippen molar-refractivity contribution in [2.24, 2.45) is 0 Å². The van der Waals surface area contributed by atoms with E-state index in [1.807, 2.05) is 30.0 Å². The highest BCUT2D eigenvalue weighted by molar-refractivity contribution is 5.99. The van der Waals surface area contributed by atoms with Gasteiger partial charge in [-0.2, -0.15) is 0 Å². The summed E-state index contributed by atoms with van der Waals surface area (Å²) in [5.41, 5.74) is 2.50. The Morgan fingerprint density at radius 1 is 1.19 bits per heavy atom. The number of likely N-dealkylation sites (N-methyl/N-ethyl adjacent to an activating group) is 1. The van der Waals surface area contributed by atoms with Crippen LogP contribution >= 0.6 is 0 Å². The van der Waals surface area contributed by atoms with E-state index in [0.717, 1.165) is 56.9 Å². The Labute approximate surface area is 160 Å². The first-order valence-electron chi connectivity index (χ1n) is 9.74. The van der Waals surface area contributed by atoms with E-state index >= 15 is 0 Å². The van der Waals surface area contributed by atoms with E-state index in [-0.39, 0.29) is 17.5 Å². The van der Waals surface area contributed by atoms with Crippen molar-refractivity contribution in [2.75, 3.05) is 57.9 Å². The summed E-state index contributed by atoms with van der Waals surface area (Å²) in [5.74, 6) is 0.0508. The van der Waals surface area contributed by atoms with Gasteiger partial charge in [-0.15, -0.1) is 0 Å². The van der Waals surface area contributed by atoms with Crippen LogP contribution in [-0.2, 0) is 4.74 Å². The number of urea groups is 1. The number of benzene rings is 1. The minimum Gasteiger partial charge on any atom is -0.381 e. The first-order valence-corrected chi connectivity index (χ1v) is 9.74. The molecule has 3 amide bonds. The normalized spacial score (nSPS) is 23.0. The largest absolute Gasteiger partial charge is 0.381 e. The second kappa shape index (κ2) is 7.13. The summed E-state index contributed by atoms with van der Waals surface area (Å²) in [4.78, 5) is 31.4. The average Bonchev–Trinajstić information content (AvgIpc) is 3.10. The number of anilines is 1. The van der Waals surface area contributed by atoms with Crippen molar-refractivity contribution >= 4 is 17.6 Å². The fraction of sp³-hybridized carbons (Fsp3) is 0.600. The Kier molecular flexibility index (Phi) is 4.82. The third-order valence-electron chi connectivity index (χ3n) is 6.31. The lowest BCUT2D eigenvalue weighted by Gasteiger charge is -2.51. The molecule has 7 heteroatoms. The Balaban J connectivity index is 1.56. The van der Waals surface area contributed by atoms with Gasteiger partial charge in [0.2, 0.25) is 0 Å². The summed E-state index contributed by atoms with van der Waals surface area (Å²) in [6, 6.07) is 5.60. The van der Waals surface area contributed by atoms with Gasteiger partial charge in [0.15, 0.2) is 0 Å². The highest BCUT2D eigenvalue weighted by Gasteiger charge is 2.42. The molecule has 0 radical (unpaired) electrons. The number of aryl methyl sites for hydroxylation is 1. The molecule has 1 aromatic carbocycles. The lowest BCUT2D eigenvalue weighted by Crippen LogP contribution is -2.63. The Morgan fingerprint density at radius 2 is 1.96 bits per heavy atom. The molecule has 3 fully saturated rings. The summed E-state index contributed by atoms with van der Waals surface area (Å²) in [6.45, 7) is 7.09. The predicted octanol–water partition coefficient (Wildman–Crippen LogP) is 1.46. The fourth-order valence-electron chi connectivity index (χ4n) is 4.44. The second-order valence-electron chi connectivity index (χ2n) is 7.87. The molecule has 0 bridgehead atoms.